The van der Waals surface area contributed by atoms with Crippen LogP contribution in [0.2, 0.25) is 0 Å². The van der Waals surface area contributed by atoms with Gasteiger partial charge in [0.25, 0.3) is 0 Å². The molecule has 0 saturated heterocycles. The lowest BCUT2D eigenvalue weighted by molar-refractivity contribution is 0.277. The molecule has 0 aliphatic carbocycles. The summed E-state index contributed by atoms with van der Waals surface area (Å²) < 4.78 is 91.5. The fourth-order valence-corrected chi connectivity index (χ4v) is 4.37. The van der Waals surface area contributed by atoms with Crippen LogP contribution >= 0.6 is 0 Å². The first-order valence-corrected chi connectivity index (χ1v) is 11.8. The topological polar surface area (TPSA) is 57.9 Å². The average Bonchev–Trinajstić information content (AvgIpc) is 3.15. The van der Waals surface area contributed by atoms with Crippen molar-refractivity contribution >= 4 is 11.0 Å². The zero-order chi connectivity index (χ0) is 27.1. The van der Waals surface area contributed by atoms with Crippen molar-refractivity contribution in [2.24, 2.45) is 0 Å². The molecule has 4 aromatic rings. The van der Waals surface area contributed by atoms with Crippen molar-refractivity contribution < 1.29 is 40.6 Å². The molecule has 0 fully saturated rings. The van der Waals surface area contributed by atoms with E-state index in [0.29, 0.717) is 53.6 Å². The van der Waals surface area contributed by atoms with Gasteiger partial charge in [0.15, 0.2) is 34.8 Å². The Morgan fingerprint density at radius 3 is 2.21 bits per heavy atom. The molecule has 5 rings (SSSR count). The number of halogens is 5. The van der Waals surface area contributed by atoms with Crippen molar-refractivity contribution in [2.45, 2.75) is 33.3 Å². The third-order valence-corrected chi connectivity index (χ3v) is 6.34. The van der Waals surface area contributed by atoms with Gasteiger partial charge in [0.2, 0.25) is 11.2 Å². The minimum Gasteiger partial charge on any atom is -0.490 e. The second-order valence-electron chi connectivity index (χ2n) is 8.72. The first-order chi connectivity index (χ1) is 18.2. The van der Waals surface area contributed by atoms with E-state index in [0.717, 1.165) is 6.42 Å². The predicted octanol–water partition coefficient (Wildman–Crippen LogP) is 6.77. The molecule has 0 amide bonds. The summed E-state index contributed by atoms with van der Waals surface area (Å²) in [4.78, 5) is 13.5. The van der Waals surface area contributed by atoms with Crippen molar-refractivity contribution in [2.75, 3.05) is 13.2 Å². The molecule has 10 heteroatoms. The van der Waals surface area contributed by atoms with Gasteiger partial charge in [0.05, 0.1) is 29.7 Å². The second kappa shape index (κ2) is 10.00. The third kappa shape index (κ3) is 4.33. The molecule has 0 saturated carbocycles. The highest BCUT2D eigenvalue weighted by atomic mass is 19.2. The molecule has 1 aliphatic heterocycles. The second-order valence-corrected chi connectivity index (χ2v) is 8.72. The van der Waals surface area contributed by atoms with Gasteiger partial charge in [-0.1, -0.05) is 13.0 Å². The number of hydrogen-bond donors (Lipinski definition) is 0. The van der Waals surface area contributed by atoms with E-state index in [4.69, 9.17) is 18.6 Å². The number of hydrogen-bond acceptors (Lipinski definition) is 5. The Labute approximate surface area is 213 Å². The summed E-state index contributed by atoms with van der Waals surface area (Å²) in [7, 11) is 0. The van der Waals surface area contributed by atoms with Gasteiger partial charge >= 0.3 is 0 Å². The number of aryl methyl sites for hydroxylation is 2. The summed E-state index contributed by atoms with van der Waals surface area (Å²) in [6, 6.07) is 8.08. The molecule has 0 unspecified atom stereocenters. The van der Waals surface area contributed by atoms with Crippen LogP contribution in [0.3, 0.4) is 0 Å². The van der Waals surface area contributed by atoms with Crippen LogP contribution in [0, 0.1) is 36.0 Å². The third-order valence-electron chi connectivity index (χ3n) is 6.34. The predicted molar refractivity (Wildman–Crippen MR) is 128 cm³/mol. The minimum absolute atomic E-state index is 0.0785. The summed E-state index contributed by atoms with van der Waals surface area (Å²) >= 11 is 0. The smallest absolute Gasteiger partial charge is 0.200 e. The van der Waals surface area contributed by atoms with Crippen molar-refractivity contribution in [3.05, 3.63) is 86.5 Å². The molecule has 0 atom stereocenters. The molecular weight excluding hydrogens is 511 g/mol. The van der Waals surface area contributed by atoms with E-state index in [9.17, 15) is 26.7 Å². The average molecular weight is 532 g/mol. The highest BCUT2D eigenvalue weighted by Crippen LogP contribution is 2.36. The summed E-state index contributed by atoms with van der Waals surface area (Å²) in [6.45, 7) is 3.45. The van der Waals surface area contributed by atoms with Gasteiger partial charge in [-0.3, -0.25) is 4.79 Å². The lowest BCUT2D eigenvalue weighted by Gasteiger charge is -2.15. The van der Waals surface area contributed by atoms with Gasteiger partial charge in [-0.25, -0.2) is 22.0 Å². The van der Waals surface area contributed by atoms with Crippen molar-refractivity contribution in [1.82, 2.24) is 0 Å². The Morgan fingerprint density at radius 1 is 0.868 bits per heavy atom. The van der Waals surface area contributed by atoms with Crippen LogP contribution in [0.4, 0.5) is 22.0 Å². The number of rotatable bonds is 5. The standard InChI is InChI=1S/C28H21F5O5/c1-3-14-9-16-20(11-19(14)37-12-17-23(29)25(31)27(33)26(32)24(17)30)38-13(2)22(28(16)34)15-5-6-18-21(10-15)36-8-4-7-35-18/h5-6,9-11H,3-4,7-8,12H2,1-2H3. The Balaban J connectivity index is 1.55. The largest absolute Gasteiger partial charge is 0.490 e. The molecule has 0 N–H and O–H groups in total. The van der Waals surface area contributed by atoms with Gasteiger partial charge in [-0.15, -0.1) is 0 Å². The van der Waals surface area contributed by atoms with E-state index >= 15 is 0 Å². The van der Waals surface area contributed by atoms with E-state index < -0.39 is 41.3 Å². The first-order valence-electron chi connectivity index (χ1n) is 11.8. The van der Waals surface area contributed by atoms with Crippen LogP contribution < -0.4 is 19.6 Å². The van der Waals surface area contributed by atoms with E-state index in [-0.39, 0.29) is 22.1 Å². The maximum absolute atomic E-state index is 14.1. The van der Waals surface area contributed by atoms with E-state index in [2.05, 4.69) is 0 Å². The van der Waals surface area contributed by atoms with Crippen LogP contribution in [0.5, 0.6) is 17.2 Å². The van der Waals surface area contributed by atoms with Gasteiger partial charge in [-0.2, -0.15) is 0 Å². The van der Waals surface area contributed by atoms with Crippen molar-refractivity contribution in [3.63, 3.8) is 0 Å². The zero-order valence-electron chi connectivity index (χ0n) is 20.4. The molecular formula is C28H21F5O5. The molecule has 1 aliphatic rings. The molecule has 38 heavy (non-hydrogen) atoms. The number of fused-ring (bicyclic) bond motifs is 2. The fraction of sp³-hybridized carbons (Fsp3) is 0.250. The minimum atomic E-state index is -2.25. The maximum Gasteiger partial charge on any atom is 0.200 e. The van der Waals surface area contributed by atoms with Crippen LogP contribution in [0.25, 0.3) is 22.1 Å². The normalized spacial score (nSPS) is 13.0. The molecule has 2 heterocycles. The van der Waals surface area contributed by atoms with Gasteiger partial charge in [0, 0.05) is 12.5 Å². The molecule has 198 valence electrons. The SMILES string of the molecule is CCc1cc2c(=O)c(-c3ccc4c(c3)OCCCO4)c(C)oc2cc1OCc1c(F)c(F)c(F)c(F)c1F. The Hall–Kier alpha value is -4.08. The molecule has 5 nitrogen and oxygen atoms in total. The summed E-state index contributed by atoms with van der Waals surface area (Å²) in [5.74, 6) is -8.82. The van der Waals surface area contributed by atoms with Crippen molar-refractivity contribution in [1.29, 1.82) is 0 Å². The van der Waals surface area contributed by atoms with E-state index in [1.165, 1.54) is 12.1 Å². The summed E-state index contributed by atoms with van der Waals surface area (Å²) in [5.41, 5.74) is 0.0832. The Kier molecular flexibility index (Phi) is 6.73. The molecule has 0 bridgehead atoms. The molecule has 1 aromatic heterocycles. The van der Waals surface area contributed by atoms with E-state index in [1.54, 1.807) is 32.0 Å². The molecule has 3 aromatic carbocycles. The highest BCUT2D eigenvalue weighted by Gasteiger charge is 2.26. The lowest BCUT2D eigenvalue weighted by Crippen LogP contribution is -2.11. The fourth-order valence-electron chi connectivity index (χ4n) is 4.37. The van der Waals surface area contributed by atoms with Crippen LogP contribution in [0.1, 0.15) is 30.2 Å². The van der Waals surface area contributed by atoms with Gasteiger partial charge < -0.3 is 18.6 Å². The van der Waals surface area contributed by atoms with Crippen LogP contribution in [-0.2, 0) is 13.0 Å². The van der Waals surface area contributed by atoms with Crippen LogP contribution in [0.15, 0.2) is 39.5 Å². The lowest BCUT2D eigenvalue weighted by atomic mass is 10.0. The number of ether oxygens (including phenoxy) is 3. The summed E-state index contributed by atoms with van der Waals surface area (Å²) in [6.07, 6.45) is 1.07. The van der Waals surface area contributed by atoms with E-state index in [1.807, 2.05) is 0 Å². The number of benzene rings is 3. The van der Waals surface area contributed by atoms with Crippen LogP contribution in [-0.4, -0.2) is 13.2 Å². The molecule has 0 spiro atoms. The monoisotopic (exact) mass is 532 g/mol. The quantitative estimate of drug-likeness (QED) is 0.161. The Bertz CT molecular complexity index is 1600. The van der Waals surface area contributed by atoms with Gasteiger partial charge in [-0.05, 0) is 42.7 Å². The zero-order valence-corrected chi connectivity index (χ0v) is 20.4. The van der Waals surface area contributed by atoms with Crippen molar-refractivity contribution in [3.8, 4) is 28.4 Å². The van der Waals surface area contributed by atoms with Gasteiger partial charge in [0.1, 0.15) is 23.7 Å². The maximum atomic E-state index is 14.1. The summed E-state index contributed by atoms with van der Waals surface area (Å²) in [5, 5.41) is 0.234. The highest BCUT2D eigenvalue weighted by molar-refractivity contribution is 5.85. The Morgan fingerprint density at radius 2 is 1.53 bits per heavy atom. The molecule has 0 radical (unpaired) electrons. The first kappa shape index (κ1) is 25.6.